The molecule has 1 aliphatic rings. The molecule has 0 saturated heterocycles. The first-order chi connectivity index (χ1) is 7.77. The second-order valence-corrected chi connectivity index (χ2v) is 6.60. The normalized spacial score (nSPS) is 17.2. The van der Waals surface area contributed by atoms with Gasteiger partial charge in [0.25, 0.3) is 0 Å². The van der Waals surface area contributed by atoms with Gasteiger partial charge in [-0.05, 0) is 0 Å². The molecule has 2 aromatic rings. The molecule has 0 aliphatic carbocycles. The van der Waals surface area contributed by atoms with Gasteiger partial charge < -0.3 is 0 Å². The van der Waals surface area contributed by atoms with E-state index in [9.17, 15) is 4.57 Å². The van der Waals surface area contributed by atoms with Gasteiger partial charge in [0.2, 0.25) is 0 Å². The van der Waals surface area contributed by atoms with Crippen molar-refractivity contribution in [1.82, 2.24) is 0 Å². The van der Waals surface area contributed by atoms with Crippen molar-refractivity contribution in [2.75, 3.05) is 0 Å². The summed E-state index contributed by atoms with van der Waals surface area (Å²) in [6.45, 7) is 0. The van der Waals surface area contributed by atoms with Crippen molar-refractivity contribution in [3.63, 3.8) is 0 Å². The number of fused-ring (bicyclic) bond motifs is 3. The molecule has 1 heterocycles. The van der Waals surface area contributed by atoms with Gasteiger partial charge in [-0.25, -0.2) is 0 Å². The predicted molar refractivity (Wildman–Crippen MR) is 60.8 cm³/mol. The number of rotatable bonds is 0. The van der Waals surface area contributed by atoms with Crippen LogP contribution in [0.1, 0.15) is 0 Å². The molecule has 2 aromatic carbocycles. The van der Waals surface area contributed by atoms with Gasteiger partial charge in [-0.3, -0.25) is 0 Å². The summed E-state index contributed by atoms with van der Waals surface area (Å²) in [5.41, 5.74) is 2.13. The van der Waals surface area contributed by atoms with Gasteiger partial charge in [-0.2, -0.15) is 0 Å². The van der Waals surface area contributed by atoms with E-state index < -0.39 is 8.03 Å². The van der Waals surface area contributed by atoms with Crippen LogP contribution in [0, 0.1) is 0 Å². The average molecular weight is 281 g/mol. The van der Waals surface area contributed by atoms with Crippen molar-refractivity contribution in [1.29, 1.82) is 0 Å². The third-order valence-corrected chi connectivity index (χ3v) is 6.12. The molecule has 0 fully saturated rings. The van der Waals surface area contributed by atoms with Crippen LogP contribution >= 0.6 is 8.03 Å². The van der Waals surface area contributed by atoms with Crippen LogP contribution in [0.2, 0.25) is 0 Å². The van der Waals surface area contributed by atoms with E-state index in [0.29, 0.717) is 0 Å². The van der Waals surface area contributed by atoms with Crippen LogP contribution in [0.25, 0.3) is 11.1 Å². The minimum absolute atomic E-state index is 0.740. The van der Waals surface area contributed by atoms with E-state index in [0.717, 1.165) is 44.6 Å². The summed E-state index contributed by atoms with van der Waals surface area (Å²) in [7, 11) is -2.11. The second kappa shape index (κ2) is 3.84. The first-order valence-electron chi connectivity index (χ1n) is 5.04. The van der Waals surface area contributed by atoms with E-state index in [2.05, 4.69) is 0 Å². The maximum absolute atomic E-state index is 12.1. The summed E-state index contributed by atoms with van der Waals surface area (Å²) in [6.07, 6.45) is 0. The standard InChI is InChI=1S/C12H8O2P.Zn/c13-15-12-8-4-2-6-10(12)9-5-1-3-7-11(9)14-15;/h1-7,15H;. The topological polar surface area (TPSA) is 26.3 Å². The van der Waals surface area contributed by atoms with Crippen molar-refractivity contribution < 1.29 is 27.4 Å². The Kier molecular flexibility index (Phi) is 2.46. The van der Waals surface area contributed by atoms with Gasteiger partial charge in [-0.15, -0.1) is 0 Å². The maximum atomic E-state index is 12.1. The van der Waals surface area contributed by atoms with Crippen LogP contribution in [0.3, 0.4) is 0 Å². The quantitative estimate of drug-likeness (QED) is 0.545. The molecule has 1 unspecified atom stereocenters. The first kappa shape index (κ1) is 10.3. The SMILES string of the molecule is O=[PH]1Oc2ccccc2-c2ccc[c]([Zn])c21. The Bertz CT molecular complexity index is 595. The zero-order valence-corrected chi connectivity index (χ0v) is 12.5. The second-order valence-electron chi connectivity index (χ2n) is 3.73. The van der Waals surface area contributed by atoms with E-state index in [4.69, 9.17) is 4.52 Å². The molecule has 0 N–H and O–H groups in total. The first-order valence-corrected chi connectivity index (χ1v) is 7.84. The molecule has 4 heteroatoms. The van der Waals surface area contributed by atoms with Gasteiger partial charge in [-0.1, -0.05) is 0 Å². The third kappa shape index (κ3) is 1.47. The summed E-state index contributed by atoms with van der Waals surface area (Å²) in [5, 5.41) is 0.922. The Morgan fingerprint density at radius 3 is 2.62 bits per heavy atom. The Morgan fingerprint density at radius 2 is 1.75 bits per heavy atom. The zero-order chi connectivity index (χ0) is 11.1. The van der Waals surface area contributed by atoms with Crippen LogP contribution in [-0.4, -0.2) is 0 Å². The van der Waals surface area contributed by atoms with Crippen molar-refractivity contribution in [3.8, 4) is 16.9 Å². The third-order valence-electron chi connectivity index (χ3n) is 2.73. The monoisotopic (exact) mass is 279 g/mol. The van der Waals surface area contributed by atoms with Crippen molar-refractivity contribution in [2.45, 2.75) is 0 Å². The molecule has 0 amide bonds. The molecule has 16 heavy (non-hydrogen) atoms. The molecule has 1 atom stereocenters. The summed E-state index contributed by atoms with van der Waals surface area (Å²) in [5.74, 6) is 0.740. The Balaban J connectivity index is 2.37. The van der Waals surface area contributed by atoms with E-state index in [1.807, 2.05) is 42.5 Å². The van der Waals surface area contributed by atoms with Crippen LogP contribution in [0.15, 0.2) is 42.5 Å². The fraction of sp³-hybridized carbons (Fsp3) is 0. The number of hydrogen-bond acceptors (Lipinski definition) is 2. The Labute approximate surface area is 104 Å². The Hall–Kier alpha value is -0.907. The van der Waals surface area contributed by atoms with Crippen LogP contribution in [0.5, 0.6) is 5.75 Å². The number of para-hydroxylation sites is 1. The number of benzene rings is 2. The predicted octanol–water partition coefficient (Wildman–Crippen LogP) is 2.02. The molecule has 1 aliphatic heterocycles. The van der Waals surface area contributed by atoms with Gasteiger partial charge in [0.15, 0.2) is 0 Å². The van der Waals surface area contributed by atoms with Crippen molar-refractivity contribution >= 4 is 17.5 Å². The van der Waals surface area contributed by atoms with Crippen molar-refractivity contribution in [3.05, 3.63) is 42.5 Å². The van der Waals surface area contributed by atoms with Gasteiger partial charge in [0, 0.05) is 0 Å². The van der Waals surface area contributed by atoms with Gasteiger partial charge in [0.1, 0.15) is 0 Å². The van der Waals surface area contributed by atoms with Gasteiger partial charge >= 0.3 is 104 Å². The number of hydrogen-bond donors (Lipinski definition) is 0. The zero-order valence-electron chi connectivity index (χ0n) is 8.57. The molecule has 75 valence electrons. The van der Waals surface area contributed by atoms with Crippen LogP contribution in [-0.2, 0) is 22.9 Å². The molecule has 0 spiro atoms. The van der Waals surface area contributed by atoms with Gasteiger partial charge in [0.05, 0.1) is 0 Å². The molecule has 2 nitrogen and oxygen atoms in total. The molecule has 0 saturated carbocycles. The molecule has 0 radical (unpaired) electrons. The fourth-order valence-corrected chi connectivity index (χ4v) is 4.85. The van der Waals surface area contributed by atoms with E-state index in [1.54, 1.807) is 0 Å². The van der Waals surface area contributed by atoms with Crippen molar-refractivity contribution in [2.24, 2.45) is 0 Å². The molecule has 0 bridgehead atoms. The molecule has 3 rings (SSSR count). The summed E-state index contributed by atoms with van der Waals surface area (Å²) in [4.78, 5) is 0. The molecular weight excluding hydrogens is 272 g/mol. The Morgan fingerprint density at radius 1 is 1.00 bits per heavy atom. The molecule has 0 aromatic heterocycles. The molecular formula is C12H8O2PZn. The summed E-state index contributed by atoms with van der Waals surface area (Å²) < 4.78 is 18.7. The van der Waals surface area contributed by atoms with Crippen LogP contribution in [0.4, 0.5) is 0 Å². The van der Waals surface area contributed by atoms with E-state index >= 15 is 0 Å². The summed E-state index contributed by atoms with van der Waals surface area (Å²) >= 11 is 1.01. The van der Waals surface area contributed by atoms with Crippen LogP contribution < -0.4 is 14.0 Å². The van der Waals surface area contributed by atoms with E-state index in [1.165, 1.54) is 0 Å². The fourth-order valence-electron chi connectivity index (χ4n) is 1.99. The summed E-state index contributed by atoms with van der Waals surface area (Å²) in [6, 6.07) is 13.9. The average Bonchev–Trinajstić information content (AvgIpc) is 2.29. The van der Waals surface area contributed by atoms with E-state index in [-0.39, 0.29) is 0 Å². The minimum atomic E-state index is -2.11.